The maximum Gasteiger partial charge on any atom is 0.326 e. The van der Waals surface area contributed by atoms with E-state index in [1.807, 2.05) is 37.3 Å². The molecular weight excluding hydrogens is 338 g/mol. The lowest BCUT2D eigenvalue weighted by molar-refractivity contribution is -0.144. The molecule has 0 radical (unpaired) electrons. The molecule has 1 fully saturated rings. The number of carbonyl (C=O) groups excluding carboxylic acids is 1. The number of carboxylic acids is 1. The van der Waals surface area contributed by atoms with Gasteiger partial charge in [-0.3, -0.25) is 4.79 Å². The zero-order chi connectivity index (χ0) is 18.3. The summed E-state index contributed by atoms with van der Waals surface area (Å²) in [5.74, 6) is -0.815. The molecule has 0 spiro atoms. The topological polar surface area (TPSA) is 75.6 Å². The summed E-state index contributed by atoms with van der Waals surface area (Å²) in [6.07, 6.45) is 3.41. The summed E-state index contributed by atoms with van der Waals surface area (Å²) < 4.78 is 5.65. The summed E-state index contributed by atoms with van der Waals surface area (Å²) in [4.78, 5) is 24.5. The third kappa shape index (κ3) is 5.22. The SMILES string of the molecule is CCOC1CCC(CS)(C(=O)N[C@@H](Cc2ccccc2)C(=O)O)CC1. The molecule has 1 aromatic rings. The monoisotopic (exact) mass is 365 g/mol. The van der Waals surface area contributed by atoms with Gasteiger partial charge in [0.1, 0.15) is 6.04 Å². The zero-order valence-electron chi connectivity index (χ0n) is 14.6. The average Bonchev–Trinajstić information content (AvgIpc) is 2.63. The summed E-state index contributed by atoms with van der Waals surface area (Å²) in [5, 5.41) is 12.2. The van der Waals surface area contributed by atoms with Crippen molar-refractivity contribution < 1.29 is 19.4 Å². The fourth-order valence-electron chi connectivity index (χ4n) is 3.36. The van der Waals surface area contributed by atoms with Crippen molar-refractivity contribution in [3.63, 3.8) is 0 Å². The van der Waals surface area contributed by atoms with Crippen LogP contribution in [0.15, 0.2) is 30.3 Å². The van der Waals surface area contributed by atoms with E-state index in [1.165, 1.54) is 0 Å². The number of ether oxygens (including phenoxy) is 1. The Balaban J connectivity index is 2.02. The number of thiol groups is 1. The first-order chi connectivity index (χ1) is 12.0. The molecule has 0 unspecified atom stereocenters. The van der Waals surface area contributed by atoms with Gasteiger partial charge in [0.05, 0.1) is 11.5 Å². The Morgan fingerprint density at radius 3 is 2.48 bits per heavy atom. The molecule has 1 atom stereocenters. The maximum absolute atomic E-state index is 12.9. The van der Waals surface area contributed by atoms with E-state index in [9.17, 15) is 14.7 Å². The minimum atomic E-state index is -1.02. The van der Waals surface area contributed by atoms with E-state index in [-0.39, 0.29) is 18.4 Å². The van der Waals surface area contributed by atoms with Crippen molar-refractivity contribution in [3.05, 3.63) is 35.9 Å². The van der Waals surface area contributed by atoms with Crippen molar-refractivity contribution in [1.29, 1.82) is 0 Å². The molecule has 1 amide bonds. The van der Waals surface area contributed by atoms with Crippen molar-refractivity contribution >= 4 is 24.5 Å². The first-order valence-electron chi connectivity index (χ1n) is 8.81. The molecule has 2 rings (SSSR count). The van der Waals surface area contributed by atoms with Gasteiger partial charge in [0.15, 0.2) is 0 Å². The number of aliphatic carboxylic acids is 1. The van der Waals surface area contributed by atoms with E-state index < -0.39 is 17.4 Å². The number of nitrogens with one attached hydrogen (secondary N) is 1. The van der Waals surface area contributed by atoms with Crippen LogP contribution in [0.3, 0.4) is 0 Å². The molecule has 1 saturated carbocycles. The smallest absolute Gasteiger partial charge is 0.326 e. The summed E-state index contributed by atoms with van der Waals surface area (Å²) in [6.45, 7) is 2.64. The van der Waals surface area contributed by atoms with Crippen molar-refractivity contribution in [3.8, 4) is 0 Å². The fraction of sp³-hybridized carbons (Fsp3) is 0.579. The van der Waals surface area contributed by atoms with Crippen molar-refractivity contribution in [2.45, 2.75) is 51.2 Å². The molecule has 2 N–H and O–H groups in total. The highest BCUT2D eigenvalue weighted by atomic mass is 32.1. The first-order valence-corrected chi connectivity index (χ1v) is 9.44. The lowest BCUT2D eigenvalue weighted by Crippen LogP contribution is -2.51. The third-order valence-electron chi connectivity index (χ3n) is 4.96. The Morgan fingerprint density at radius 2 is 1.96 bits per heavy atom. The second kappa shape index (κ2) is 9.25. The molecule has 1 aliphatic rings. The lowest BCUT2D eigenvalue weighted by Gasteiger charge is -2.38. The van der Waals surface area contributed by atoms with Crippen LogP contribution >= 0.6 is 12.6 Å². The number of hydrogen-bond acceptors (Lipinski definition) is 4. The van der Waals surface area contributed by atoms with Gasteiger partial charge in [-0.2, -0.15) is 12.6 Å². The van der Waals surface area contributed by atoms with E-state index in [1.54, 1.807) is 0 Å². The third-order valence-corrected chi connectivity index (χ3v) is 5.57. The standard InChI is InChI=1S/C19H27NO4S/c1-2-24-15-8-10-19(13-25,11-9-15)18(23)20-16(17(21)22)12-14-6-4-3-5-7-14/h3-7,15-16,25H,2,8-13H2,1H3,(H,20,23)(H,21,22)/t15?,16-,19?/m0/s1. The highest BCUT2D eigenvalue weighted by molar-refractivity contribution is 7.80. The maximum atomic E-state index is 12.9. The van der Waals surface area contributed by atoms with Crippen LogP contribution in [0.2, 0.25) is 0 Å². The largest absolute Gasteiger partial charge is 0.480 e. The van der Waals surface area contributed by atoms with Crippen molar-refractivity contribution in [2.75, 3.05) is 12.4 Å². The fourth-order valence-corrected chi connectivity index (χ4v) is 3.82. The molecule has 0 saturated heterocycles. The van der Waals surface area contributed by atoms with Gasteiger partial charge in [0.2, 0.25) is 5.91 Å². The van der Waals surface area contributed by atoms with Gasteiger partial charge in [0, 0.05) is 18.8 Å². The minimum absolute atomic E-state index is 0.186. The van der Waals surface area contributed by atoms with Crippen LogP contribution in [-0.2, 0) is 20.7 Å². The van der Waals surface area contributed by atoms with E-state index in [0.717, 1.165) is 18.4 Å². The normalized spacial score (nSPS) is 24.5. The van der Waals surface area contributed by atoms with Gasteiger partial charge >= 0.3 is 5.97 Å². The van der Waals surface area contributed by atoms with Crippen LogP contribution in [-0.4, -0.2) is 41.5 Å². The molecule has 6 heteroatoms. The van der Waals surface area contributed by atoms with E-state index in [0.29, 0.717) is 25.2 Å². The van der Waals surface area contributed by atoms with Crippen LogP contribution in [0.5, 0.6) is 0 Å². The number of amides is 1. The van der Waals surface area contributed by atoms with Gasteiger partial charge in [0.25, 0.3) is 0 Å². The molecule has 5 nitrogen and oxygen atoms in total. The number of carbonyl (C=O) groups is 2. The van der Waals surface area contributed by atoms with E-state index in [4.69, 9.17) is 4.74 Å². The Labute approximate surface area is 154 Å². The molecular formula is C19H27NO4S. The molecule has 0 aromatic heterocycles. The predicted molar refractivity (Wildman–Crippen MR) is 99.9 cm³/mol. The Bertz CT molecular complexity index is 570. The number of hydrogen-bond donors (Lipinski definition) is 3. The number of rotatable bonds is 8. The molecule has 1 aromatic carbocycles. The van der Waals surface area contributed by atoms with Gasteiger partial charge in [-0.1, -0.05) is 30.3 Å². The van der Waals surface area contributed by atoms with Crippen LogP contribution in [0.4, 0.5) is 0 Å². The predicted octanol–water partition coefficient (Wildman–Crippen LogP) is 2.69. The van der Waals surface area contributed by atoms with Gasteiger partial charge < -0.3 is 15.2 Å². The van der Waals surface area contributed by atoms with Crippen LogP contribution in [0.1, 0.15) is 38.2 Å². The zero-order valence-corrected chi connectivity index (χ0v) is 15.5. The second-order valence-electron chi connectivity index (χ2n) is 6.65. The average molecular weight is 365 g/mol. The van der Waals surface area contributed by atoms with Crippen LogP contribution < -0.4 is 5.32 Å². The summed E-state index contributed by atoms with van der Waals surface area (Å²) in [7, 11) is 0. The Hall–Kier alpha value is -1.53. The highest BCUT2D eigenvalue weighted by Gasteiger charge is 2.42. The van der Waals surface area contributed by atoms with Crippen LogP contribution in [0, 0.1) is 5.41 Å². The quantitative estimate of drug-likeness (QED) is 0.619. The van der Waals surface area contributed by atoms with Gasteiger partial charge in [-0.25, -0.2) is 4.79 Å². The Kier molecular flexibility index (Phi) is 7.32. The summed E-state index contributed by atoms with van der Waals surface area (Å²) >= 11 is 4.39. The molecule has 25 heavy (non-hydrogen) atoms. The molecule has 0 heterocycles. The lowest BCUT2D eigenvalue weighted by atomic mass is 9.73. The number of benzene rings is 1. The molecule has 138 valence electrons. The Morgan fingerprint density at radius 1 is 1.32 bits per heavy atom. The van der Waals surface area contributed by atoms with E-state index >= 15 is 0 Å². The number of carboxylic acid groups (broad SMARTS) is 1. The highest BCUT2D eigenvalue weighted by Crippen LogP contribution is 2.38. The molecule has 0 aliphatic heterocycles. The molecule has 1 aliphatic carbocycles. The summed E-state index contributed by atoms with van der Waals surface area (Å²) in [6, 6.07) is 8.40. The minimum Gasteiger partial charge on any atom is -0.480 e. The van der Waals surface area contributed by atoms with Crippen LogP contribution in [0.25, 0.3) is 0 Å². The second-order valence-corrected chi connectivity index (χ2v) is 6.96. The van der Waals surface area contributed by atoms with Crippen molar-refractivity contribution in [1.82, 2.24) is 5.32 Å². The van der Waals surface area contributed by atoms with Crippen molar-refractivity contribution in [2.24, 2.45) is 5.41 Å². The van der Waals surface area contributed by atoms with E-state index in [2.05, 4.69) is 17.9 Å². The van der Waals surface area contributed by atoms with Gasteiger partial charge in [-0.15, -0.1) is 0 Å². The van der Waals surface area contributed by atoms with Gasteiger partial charge in [-0.05, 0) is 38.2 Å². The first kappa shape index (κ1) is 19.8. The summed E-state index contributed by atoms with van der Waals surface area (Å²) in [5.41, 5.74) is 0.274. The molecule has 0 bridgehead atoms.